The number of benzene rings is 1. The Morgan fingerprint density at radius 1 is 1.36 bits per heavy atom. The summed E-state index contributed by atoms with van der Waals surface area (Å²) in [4.78, 5) is 4.29. The van der Waals surface area contributed by atoms with E-state index in [0.29, 0.717) is 34.6 Å². The predicted octanol–water partition coefficient (Wildman–Crippen LogP) is 4.79. The smallest absolute Gasteiger partial charge is 0.186 e. The van der Waals surface area contributed by atoms with Crippen LogP contribution in [0.1, 0.15) is 19.4 Å². The minimum absolute atomic E-state index is 0.214. The summed E-state index contributed by atoms with van der Waals surface area (Å²) in [6.07, 6.45) is 1.40. The fraction of sp³-hybridized carbons (Fsp3) is 0.214. The summed E-state index contributed by atoms with van der Waals surface area (Å²) >= 11 is 18.2. The standard InChI is InChI=1S/C14H11Cl3N4O/c1-3-22-8(2)20-14-9(6-18)7-19-21(14)11-5-4-10(15)12(16)13(11)17/h4-5,7H,3H2,1-2H3/b20-8+. The Bertz CT molecular complexity index is 777. The van der Waals surface area contributed by atoms with Crippen LogP contribution in [0.3, 0.4) is 0 Å². The van der Waals surface area contributed by atoms with E-state index < -0.39 is 0 Å². The molecule has 0 spiro atoms. The van der Waals surface area contributed by atoms with Crippen molar-refractivity contribution in [3.8, 4) is 11.8 Å². The lowest BCUT2D eigenvalue weighted by molar-refractivity contribution is 0.324. The molecular weight excluding hydrogens is 347 g/mol. The van der Waals surface area contributed by atoms with Gasteiger partial charge in [-0.25, -0.2) is 4.68 Å². The number of aromatic nitrogens is 2. The lowest BCUT2D eigenvalue weighted by Gasteiger charge is -2.09. The van der Waals surface area contributed by atoms with Crippen LogP contribution >= 0.6 is 34.8 Å². The first-order chi connectivity index (χ1) is 10.5. The second-order valence-corrected chi connectivity index (χ2v) is 5.33. The Balaban J connectivity index is 2.63. The highest BCUT2D eigenvalue weighted by molar-refractivity contribution is 6.48. The van der Waals surface area contributed by atoms with Crippen molar-refractivity contribution >= 4 is 46.5 Å². The van der Waals surface area contributed by atoms with Crippen LogP contribution in [0.4, 0.5) is 5.82 Å². The maximum atomic E-state index is 9.20. The highest BCUT2D eigenvalue weighted by Gasteiger charge is 2.17. The van der Waals surface area contributed by atoms with Crippen molar-refractivity contribution in [3.63, 3.8) is 0 Å². The van der Waals surface area contributed by atoms with Crippen molar-refractivity contribution < 1.29 is 4.74 Å². The third kappa shape index (κ3) is 3.20. The van der Waals surface area contributed by atoms with Gasteiger partial charge in [-0.2, -0.15) is 15.4 Å². The second-order valence-electron chi connectivity index (χ2n) is 4.16. The average Bonchev–Trinajstić information content (AvgIpc) is 2.88. The Morgan fingerprint density at radius 2 is 2.09 bits per heavy atom. The van der Waals surface area contributed by atoms with Crippen LogP contribution in [0.2, 0.25) is 15.1 Å². The molecule has 0 fully saturated rings. The summed E-state index contributed by atoms with van der Waals surface area (Å²) in [7, 11) is 0. The molecule has 2 rings (SSSR count). The van der Waals surface area contributed by atoms with Gasteiger partial charge in [0.1, 0.15) is 11.6 Å². The van der Waals surface area contributed by atoms with Gasteiger partial charge in [-0.3, -0.25) is 0 Å². The molecule has 0 amide bonds. The summed E-state index contributed by atoms with van der Waals surface area (Å²) in [6, 6.07) is 5.28. The largest absolute Gasteiger partial charge is 0.481 e. The zero-order valence-corrected chi connectivity index (χ0v) is 14.0. The monoisotopic (exact) mass is 356 g/mol. The highest BCUT2D eigenvalue weighted by atomic mass is 35.5. The molecule has 0 bridgehead atoms. The van der Waals surface area contributed by atoms with E-state index in [-0.39, 0.29) is 10.0 Å². The third-order valence-corrected chi connectivity index (χ3v) is 4.01. The number of hydrogen-bond donors (Lipinski definition) is 0. The van der Waals surface area contributed by atoms with Gasteiger partial charge in [-0.1, -0.05) is 34.8 Å². The number of hydrogen-bond acceptors (Lipinski definition) is 4. The summed E-state index contributed by atoms with van der Waals surface area (Å²) in [5.74, 6) is 0.727. The lowest BCUT2D eigenvalue weighted by atomic mass is 10.3. The van der Waals surface area contributed by atoms with E-state index >= 15 is 0 Å². The van der Waals surface area contributed by atoms with Gasteiger partial charge in [-0.05, 0) is 19.1 Å². The molecule has 0 radical (unpaired) electrons. The Labute approximate surface area is 142 Å². The number of halogens is 3. The average molecular weight is 358 g/mol. The maximum Gasteiger partial charge on any atom is 0.186 e. The van der Waals surface area contributed by atoms with Gasteiger partial charge in [0.25, 0.3) is 0 Å². The first kappa shape index (κ1) is 16.6. The normalized spacial score (nSPS) is 11.4. The molecule has 0 aliphatic rings. The van der Waals surface area contributed by atoms with Crippen LogP contribution in [0, 0.1) is 11.3 Å². The molecule has 0 saturated heterocycles. The van der Waals surface area contributed by atoms with Crippen LogP contribution in [-0.4, -0.2) is 22.3 Å². The minimum Gasteiger partial charge on any atom is -0.481 e. The van der Waals surface area contributed by atoms with Gasteiger partial charge in [0.15, 0.2) is 11.7 Å². The number of nitriles is 1. The zero-order valence-electron chi connectivity index (χ0n) is 11.8. The molecule has 22 heavy (non-hydrogen) atoms. The van der Waals surface area contributed by atoms with Gasteiger partial charge in [0, 0.05) is 6.92 Å². The highest BCUT2D eigenvalue weighted by Crippen LogP contribution is 2.36. The third-order valence-electron chi connectivity index (χ3n) is 2.72. The van der Waals surface area contributed by atoms with Crippen LogP contribution in [0.25, 0.3) is 5.69 Å². The van der Waals surface area contributed by atoms with E-state index in [9.17, 15) is 5.26 Å². The van der Waals surface area contributed by atoms with Crippen LogP contribution in [0.5, 0.6) is 0 Å². The minimum atomic E-state index is 0.214. The summed E-state index contributed by atoms with van der Waals surface area (Å²) < 4.78 is 6.72. The van der Waals surface area contributed by atoms with Crippen molar-refractivity contribution in [1.29, 1.82) is 5.26 Å². The van der Waals surface area contributed by atoms with Gasteiger partial charge < -0.3 is 4.74 Å². The van der Waals surface area contributed by atoms with E-state index in [2.05, 4.69) is 10.1 Å². The fourth-order valence-corrected chi connectivity index (χ4v) is 2.38. The van der Waals surface area contributed by atoms with E-state index in [4.69, 9.17) is 39.5 Å². The maximum absolute atomic E-state index is 9.20. The molecule has 114 valence electrons. The Morgan fingerprint density at radius 3 is 2.73 bits per heavy atom. The Hall–Kier alpha value is -1.74. The number of nitrogens with zero attached hydrogens (tertiary/aromatic N) is 4. The topological polar surface area (TPSA) is 63.2 Å². The van der Waals surface area contributed by atoms with Crippen molar-refractivity contribution in [2.45, 2.75) is 13.8 Å². The molecule has 0 N–H and O–H groups in total. The summed E-state index contributed by atoms with van der Waals surface area (Å²) in [5.41, 5.74) is 0.766. The van der Waals surface area contributed by atoms with Crippen molar-refractivity contribution in [1.82, 2.24) is 9.78 Å². The summed E-state index contributed by atoms with van der Waals surface area (Å²) in [5, 5.41) is 14.1. The summed E-state index contributed by atoms with van der Waals surface area (Å²) in [6.45, 7) is 4.01. The van der Waals surface area contributed by atoms with E-state index in [1.807, 2.05) is 13.0 Å². The van der Waals surface area contributed by atoms with Crippen molar-refractivity contribution in [2.24, 2.45) is 4.99 Å². The van der Waals surface area contributed by atoms with Crippen molar-refractivity contribution in [3.05, 3.63) is 39.0 Å². The first-order valence-electron chi connectivity index (χ1n) is 6.29. The molecule has 0 saturated carbocycles. The number of ether oxygens (including phenoxy) is 1. The molecule has 0 atom stereocenters. The lowest BCUT2D eigenvalue weighted by Crippen LogP contribution is -2.02. The number of rotatable bonds is 3. The Kier molecular flexibility index (Phi) is 5.30. The molecule has 0 aliphatic heterocycles. The second kappa shape index (κ2) is 7.01. The van der Waals surface area contributed by atoms with Gasteiger partial charge >= 0.3 is 0 Å². The molecule has 1 aromatic heterocycles. The van der Waals surface area contributed by atoms with Crippen LogP contribution < -0.4 is 0 Å². The van der Waals surface area contributed by atoms with Crippen LogP contribution in [0.15, 0.2) is 23.3 Å². The molecule has 1 heterocycles. The first-order valence-corrected chi connectivity index (χ1v) is 7.43. The molecule has 2 aromatic rings. The number of aliphatic imine (C=N–C) groups is 1. The SMILES string of the molecule is CCO/C(C)=N/c1c(C#N)cnn1-c1ccc(Cl)c(Cl)c1Cl. The van der Waals surface area contributed by atoms with Crippen LogP contribution in [-0.2, 0) is 4.74 Å². The molecule has 0 unspecified atom stereocenters. The molecule has 5 nitrogen and oxygen atoms in total. The van der Waals surface area contributed by atoms with E-state index in [1.54, 1.807) is 19.1 Å². The molecule has 0 aliphatic carbocycles. The molecular formula is C14H11Cl3N4O. The fourth-order valence-electron chi connectivity index (χ4n) is 1.77. The molecule has 1 aromatic carbocycles. The van der Waals surface area contributed by atoms with Gasteiger partial charge in [0.2, 0.25) is 0 Å². The van der Waals surface area contributed by atoms with Gasteiger partial charge in [0.05, 0.1) is 33.6 Å². The van der Waals surface area contributed by atoms with E-state index in [0.717, 1.165) is 0 Å². The quantitative estimate of drug-likeness (QED) is 0.450. The van der Waals surface area contributed by atoms with Gasteiger partial charge in [-0.15, -0.1) is 0 Å². The predicted molar refractivity (Wildman–Crippen MR) is 87.7 cm³/mol. The molecule has 8 heteroatoms. The zero-order chi connectivity index (χ0) is 16.3. The van der Waals surface area contributed by atoms with Crippen molar-refractivity contribution in [2.75, 3.05) is 6.61 Å². The van der Waals surface area contributed by atoms with E-state index in [1.165, 1.54) is 10.9 Å².